The maximum Gasteiger partial charge on any atom is 0.257 e. The molecule has 1 aliphatic rings. The molecule has 1 aliphatic heterocycles. The number of hydrogen-bond acceptors (Lipinski definition) is 5. The van der Waals surface area contributed by atoms with Crippen LogP contribution in [0.15, 0.2) is 66.7 Å². The highest BCUT2D eigenvalue weighted by Gasteiger charge is 2.17. The number of carbonyl (C=O) groups is 1. The molecule has 0 saturated heterocycles. The molecule has 0 unspecified atom stereocenters. The second-order valence-corrected chi connectivity index (χ2v) is 6.58. The van der Waals surface area contributed by atoms with Crippen LogP contribution >= 0.6 is 0 Å². The molecular weight excluding hydrogens is 370 g/mol. The monoisotopic (exact) mass is 387 g/mol. The molecular formula is C22H17N3O4. The van der Waals surface area contributed by atoms with Gasteiger partial charge in [0.1, 0.15) is 12.4 Å². The molecule has 4 aromatic rings. The summed E-state index contributed by atoms with van der Waals surface area (Å²) in [7, 11) is 0. The van der Waals surface area contributed by atoms with E-state index in [2.05, 4.69) is 15.5 Å². The number of fused-ring (bicyclic) bond motifs is 2. The molecule has 1 aromatic heterocycles. The number of benzene rings is 3. The summed E-state index contributed by atoms with van der Waals surface area (Å²) in [4.78, 5) is 12.6. The van der Waals surface area contributed by atoms with Crippen molar-refractivity contribution in [3.05, 3.63) is 77.9 Å². The number of nitrogens with zero attached hydrogens (tertiary/aromatic N) is 1. The Hall–Kier alpha value is -4.00. The molecule has 5 rings (SSSR count). The Morgan fingerprint density at radius 2 is 1.90 bits per heavy atom. The first kappa shape index (κ1) is 17.1. The zero-order valence-electron chi connectivity index (χ0n) is 15.3. The van der Waals surface area contributed by atoms with Gasteiger partial charge in [0.2, 0.25) is 6.79 Å². The average molecular weight is 387 g/mol. The van der Waals surface area contributed by atoms with Crippen LogP contribution in [-0.4, -0.2) is 22.9 Å². The summed E-state index contributed by atoms with van der Waals surface area (Å²) >= 11 is 0. The van der Waals surface area contributed by atoms with Crippen molar-refractivity contribution in [2.45, 2.75) is 6.61 Å². The molecule has 0 atom stereocenters. The van der Waals surface area contributed by atoms with Gasteiger partial charge >= 0.3 is 0 Å². The topological polar surface area (TPSA) is 85.5 Å². The molecule has 144 valence electrons. The summed E-state index contributed by atoms with van der Waals surface area (Å²) in [6, 6.07) is 20.6. The molecule has 2 heterocycles. The minimum atomic E-state index is -0.277. The summed E-state index contributed by atoms with van der Waals surface area (Å²) in [5.74, 6) is 2.09. The molecule has 3 aromatic carbocycles. The molecule has 1 amide bonds. The molecule has 7 nitrogen and oxygen atoms in total. The van der Waals surface area contributed by atoms with Crippen LogP contribution in [0.5, 0.6) is 17.2 Å². The number of nitrogens with one attached hydrogen (secondary N) is 2. The van der Waals surface area contributed by atoms with Crippen molar-refractivity contribution in [3.8, 4) is 17.2 Å². The lowest BCUT2D eigenvalue weighted by atomic mass is 10.2. The van der Waals surface area contributed by atoms with Crippen molar-refractivity contribution in [1.82, 2.24) is 10.2 Å². The zero-order chi connectivity index (χ0) is 19.6. The number of ether oxygens (including phenoxy) is 3. The van der Waals surface area contributed by atoms with Crippen LogP contribution in [0.1, 0.15) is 15.9 Å². The maximum atomic E-state index is 12.6. The molecule has 0 fully saturated rings. The Morgan fingerprint density at radius 3 is 2.79 bits per heavy atom. The Morgan fingerprint density at radius 1 is 1.03 bits per heavy atom. The first-order chi connectivity index (χ1) is 14.3. The van der Waals surface area contributed by atoms with Crippen molar-refractivity contribution in [2.75, 3.05) is 12.1 Å². The number of H-pyrrole nitrogens is 1. The van der Waals surface area contributed by atoms with Crippen LogP contribution < -0.4 is 19.5 Å². The lowest BCUT2D eigenvalue weighted by Crippen LogP contribution is -2.12. The van der Waals surface area contributed by atoms with Crippen molar-refractivity contribution >= 4 is 22.6 Å². The van der Waals surface area contributed by atoms with Gasteiger partial charge in [0.05, 0.1) is 5.52 Å². The quantitative estimate of drug-likeness (QED) is 0.538. The Labute approximate surface area is 166 Å². The van der Waals surface area contributed by atoms with E-state index in [9.17, 15) is 4.79 Å². The van der Waals surface area contributed by atoms with Crippen molar-refractivity contribution in [2.24, 2.45) is 0 Å². The van der Waals surface area contributed by atoms with Crippen LogP contribution in [0.2, 0.25) is 0 Å². The Bertz CT molecular complexity index is 1190. The van der Waals surface area contributed by atoms with Crippen LogP contribution in [0.4, 0.5) is 5.82 Å². The van der Waals surface area contributed by atoms with Crippen LogP contribution in [0, 0.1) is 0 Å². The fraction of sp³-hybridized carbons (Fsp3) is 0.0909. The third kappa shape index (κ3) is 3.45. The van der Waals surface area contributed by atoms with Gasteiger partial charge in [0.15, 0.2) is 17.3 Å². The van der Waals surface area contributed by atoms with E-state index in [1.165, 1.54) is 0 Å². The molecule has 0 aliphatic carbocycles. The standard InChI is InChI=1S/C22H17N3O4/c26-22(15-6-9-19-20(10-15)29-13-28-19)23-21-17-8-7-16(11-18(17)24-25-21)27-12-14-4-2-1-3-5-14/h1-11H,12-13H2,(H2,23,24,25,26). The molecule has 0 radical (unpaired) electrons. The fourth-order valence-electron chi connectivity index (χ4n) is 3.14. The minimum absolute atomic E-state index is 0.166. The number of hydrogen-bond donors (Lipinski definition) is 2. The predicted octanol–water partition coefficient (Wildman–Crippen LogP) is 4.12. The van der Waals surface area contributed by atoms with E-state index in [1.54, 1.807) is 18.2 Å². The van der Waals surface area contributed by atoms with E-state index in [4.69, 9.17) is 14.2 Å². The van der Waals surface area contributed by atoms with E-state index >= 15 is 0 Å². The molecule has 2 N–H and O–H groups in total. The van der Waals surface area contributed by atoms with Crippen molar-refractivity contribution in [3.63, 3.8) is 0 Å². The van der Waals surface area contributed by atoms with E-state index in [0.29, 0.717) is 29.5 Å². The van der Waals surface area contributed by atoms with Gasteiger partial charge in [-0.2, -0.15) is 5.10 Å². The van der Waals surface area contributed by atoms with Gasteiger partial charge in [-0.05, 0) is 35.9 Å². The summed E-state index contributed by atoms with van der Waals surface area (Å²) in [5.41, 5.74) is 2.33. The number of anilines is 1. The average Bonchev–Trinajstić information content (AvgIpc) is 3.39. The lowest BCUT2D eigenvalue weighted by molar-refractivity contribution is 0.102. The van der Waals surface area contributed by atoms with Crippen molar-refractivity contribution in [1.29, 1.82) is 0 Å². The first-order valence-corrected chi connectivity index (χ1v) is 9.12. The highest BCUT2D eigenvalue weighted by Crippen LogP contribution is 2.33. The van der Waals surface area contributed by atoms with Crippen molar-refractivity contribution < 1.29 is 19.0 Å². The largest absolute Gasteiger partial charge is 0.489 e. The third-order valence-corrected chi connectivity index (χ3v) is 4.65. The van der Waals surface area contributed by atoms with Gasteiger partial charge in [0.25, 0.3) is 5.91 Å². The van der Waals surface area contributed by atoms with E-state index in [0.717, 1.165) is 22.2 Å². The minimum Gasteiger partial charge on any atom is -0.489 e. The van der Waals surface area contributed by atoms with Gasteiger partial charge in [-0.1, -0.05) is 30.3 Å². The fourth-order valence-corrected chi connectivity index (χ4v) is 3.14. The van der Waals surface area contributed by atoms with Gasteiger partial charge < -0.3 is 19.5 Å². The summed E-state index contributed by atoms with van der Waals surface area (Å²) < 4.78 is 16.4. The maximum absolute atomic E-state index is 12.6. The number of amides is 1. The SMILES string of the molecule is O=C(Nc1n[nH]c2cc(OCc3ccccc3)ccc12)c1ccc2c(c1)OCO2. The summed E-state index contributed by atoms with van der Waals surface area (Å²) in [6.07, 6.45) is 0. The van der Waals surface area contributed by atoms with E-state index < -0.39 is 0 Å². The molecule has 0 spiro atoms. The van der Waals surface area contributed by atoms with E-state index in [1.807, 2.05) is 48.5 Å². The molecule has 0 saturated carbocycles. The Kier molecular flexibility index (Phi) is 4.25. The van der Waals surface area contributed by atoms with Crippen LogP contribution in [0.25, 0.3) is 10.9 Å². The number of aromatic nitrogens is 2. The van der Waals surface area contributed by atoms with Gasteiger partial charge in [-0.3, -0.25) is 9.89 Å². The summed E-state index contributed by atoms with van der Waals surface area (Å²) in [5, 5.41) is 10.8. The highest BCUT2D eigenvalue weighted by atomic mass is 16.7. The Balaban J connectivity index is 1.31. The predicted molar refractivity (Wildman–Crippen MR) is 107 cm³/mol. The van der Waals surface area contributed by atoms with Gasteiger partial charge in [-0.15, -0.1) is 0 Å². The molecule has 29 heavy (non-hydrogen) atoms. The smallest absolute Gasteiger partial charge is 0.257 e. The van der Waals surface area contributed by atoms with Crippen LogP contribution in [-0.2, 0) is 6.61 Å². The van der Waals surface area contributed by atoms with Gasteiger partial charge in [0, 0.05) is 17.0 Å². The number of carbonyl (C=O) groups excluding carboxylic acids is 1. The zero-order valence-corrected chi connectivity index (χ0v) is 15.3. The second kappa shape index (κ2) is 7.20. The van der Waals surface area contributed by atoms with E-state index in [-0.39, 0.29) is 12.7 Å². The molecule has 0 bridgehead atoms. The number of aromatic amines is 1. The normalized spacial score (nSPS) is 12.1. The van der Waals surface area contributed by atoms with Gasteiger partial charge in [-0.25, -0.2) is 0 Å². The first-order valence-electron chi connectivity index (χ1n) is 9.12. The van der Waals surface area contributed by atoms with Crippen LogP contribution in [0.3, 0.4) is 0 Å². The third-order valence-electron chi connectivity index (χ3n) is 4.65. The molecule has 7 heteroatoms. The highest BCUT2D eigenvalue weighted by molar-refractivity contribution is 6.08. The lowest BCUT2D eigenvalue weighted by Gasteiger charge is -2.07. The summed E-state index contributed by atoms with van der Waals surface area (Å²) in [6.45, 7) is 0.646. The second-order valence-electron chi connectivity index (χ2n) is 6.58. The number of rotatable bonds is 5.